The maximum atomic E-state index is 11.8. The largest absolute Gasteiger partial charge is 0.329 e. The Morgan fingerprint density at radius 1 is 1.30 bits per heavy atom. The van der Waals surface area contributed by atoms with Gasteiger partial charge in [0.1, 0.15) is 0 Å². The number of rotatable bonds is 2. The van der Waals surface area contributed by atoms with Crippen LogP contribution in [0.4, 0.5) is 0 Å². The Hall–Kier alpha value is -2.13. The van der Waals surface area contributed by atoms with Crippen molar-refractivity contribution in [2.24, 2.45) is 0 Å². The molecule has 1 amide bonds. The van der Waals surface area contributed by atoms with E-state index < -0.39 is 0 Å². The first kappa shape index (κ1) is 14.5. The first-order chi connectivity index (χ1) is 11.1. The quantitative estimate of drug-likeness (QED) is 0.923. The summed E-state index contributed by atoms with van der Waals surface area (Å²) in [7, 11) is 1.90. The minimum atomic E-state index is 0.0931. The average Bonchev–Trinajstić information content (AvgIpc) is 2.87. The van der Waals surface area contributed by atoms with E-state index in [2.05, 4.69) is 54.7 Å². The number of carbonyl (C=O) groups excluding carboxylic acids is 1. The molecule has 1 heterocycles. The molecule has 4 rings (SSSR count). The fourth-order valence-electron chi connectivity index (χ4n) is 3.96. The molecule has 118 valence electrons. The molecule has 2 aliphatic rings. The fraction of sp³-hybridized carbons (Fsp3) is 0.350. The molecule has 23 heavy (non-hydrogen) atoms. The molecule has 1 aliphatic carbocycles. The number of amides is 1. The highest BCUT2D eigenvalue weighted by Crippen LogP contribution is 2.37. The SMILES string of the molecule is CC1CC=Cc2cc3ccccc3c(C[C@@H]3NCC(=O)N3C)c21. The van der Waals surface area contributed by atoms with Crippen LogP contribution < -0.4 is 5.32 Å². The van der Waals surface area contributed by atoms with Crippen molar-refractivity contribution in [2.45, 2.75) is 31.8 Å². The highest BCUT2D eigenvalue weighted by atomic mass is 16.2. The van der Waals surface area contributed by atoms with E-state index in [-0.39, 0.29) is 12.1 Å². The van der Waals surface area contributed by atoms with Crippen molar-refractivity contribution in [2.75, 3.05) is 13.6 Å². The van der Waals surface area contributed by atoms with Gasteiger partial charge in [0.05, 0.1) is 12.7 Å². The number of benzene rings is 2. The maximum absolute atomic E-state index is 11.8. The highest BCUT2D eigenvalue weighted by molar-refractivity contribution is 5.90. The molecular weight excluding hydrogens is 284 g/mol. The van der Waals surface area contributed by atoms with E-state index in [9.17, 15) is 4.79 Å². The van der Waals surface area contributed by atoms with Gasteiger partial charge in [-0.1, -0.05) is 43.3 Å². The van der Waals surface area contributed by atoms with E-state index in [1.807, 2.05) is 11.9 Å². The second kappa shape index (κ2) is 5.50. The maximum Gasteiger partial charge on any atom is 0.237 e. The molecule has 2 aromatic rings. The summed E-state index contributed by atoms with van der Waals surface area (Å²) in [5.74, 6) is 0.703. The van der Waals surface area contributed by atoms with Gasteiger partial charge in [-0.15, -0.1) is 0 Å². The Morgan fingerprint density at radius 2 is 2.13 bits per heavy atom. The van der Waals surface area contributed by atoms with Crippen LogP contribution in [0, 0.1) is 0 Å². The first-order valence-corrected chi connectivity index (χ1v) is 8.35. The van der Waals surface area contributed by atoms with Crippen LogP contribution in [0.2, 0.25) is 0 Å². The number of fused-ring (bicyclic) bond motifs is 2. The van der Waals surface area contributed by atoms with Gasteiger partial charge in [0.15, 0.2) is 0 Å². The molecule has 1 fully saturated rings. The summed E-state index contributed by atoms with van der Waals surface area (Å²) in [5, 5.41) is 5.96. The van der Waals surface area contributed by atoms with Gasteiger partial charge in [0.25, 0.3) is 0 Å². The molecule has 1 N–H and O–H groups in total. The molecule has 3 nitrogen and oxygen atoms in total. The Bertz CT molecular complexity index is 809. The summed E-state index contributed by atoms with van der Waals surface area (Å²) < 4.78 is 0. The summed E-state index contributed by atoms with van der Waals surface area (Å²) in [4.78, 5) is 13.7. The summed E-state index contributed by atoms with van der Waals surface area (Å²) in [6, 6.07) is 10.9. The third-order valence-electron chi connectivity index (χ3n) is 5.26. The zero-order valence-corrected chi connectivity index (χ0v) is 13.7. The van der Waals surface area contributed by atoms with E-state index in [1.54, 1.807) is 0 Å². The Morgan fingerprint density at radius 3 is 2.91 bits per heavy atom. The number of nitrogens with zero attached hydrogens (tertiary/aromatic N) is 1. The van der Waals surface area contributed by atoms with Crippen LogP contribution in [0.5, 0.6) is 0 Å². The summed E-state index contributed by atoms with van der Waals surface area (Å²) in [6.45, 7) is 2.75. The Labute approximate surface area is 137 Å². The summed E-state index contributed by atoms with van der Waals surface area (Å²) >= 11 is 0. The standard InChI is InChI=1S/C20H22N2O/c1-13-6-5-8-15-10-14-7-3-4-9-16(14)17(20(13)15)11-18-21-12-19(23)22(18)2/h3-5,7-10,13,18,21H,6,11-12H2,1-2H3/t13?,18-/m1/s1. The molecule has 1 unspecified atom stereocenters. The van der Waals surface area contributed by atoms with Gasteiger partial charge >= 0.3 is 0 Å². The van der Waals surface area contributed by atoms with Gasteiger partial charge in [-0.3, -0.25) is 10.1 Å². The topological polar surface area (TPSA) is 32.3 Å². The van der Waals surface area contributed by atoms with E-state index in [1.165, 1.54) is 27.5 Å². The van der Waals surface area contributed by atoms with Crippen molar-refractivity contribution in [1.82, 2.24) is 10.2 Å². The van der Waals surface area contributed by atoms with Crippen molar-refractivity contribution in [1.29, 1.82) is 0 Å². The fourth-order valence-corrected chi connectivity index (χ4v) is 3.96. The molecule has 0 aromatic heterocycles. The van der Waals surface area contributed by atoms with Gasteiger partial charge < -0.3 is 4.90 Å². The number of allylic oxidation sites excluding steroid dienone is 1. The van der Waals surface area contributed by atoms with Gasteiger partial charge in [-0.2, -0.15) is 0 Å². The van der Waals surface area contributed by atoms with Crippen molar-refractivity contribution in [3.63, 3.8) is 0 Å². The van der Waals surface area contributed by atoms with Crippen LogP contribution in [-0.2, 0) is 11.2 Å². The second-order valence-corrected chi connectivity index (χ2v) is 6.72. The van der Waals surface area contributed by atoms with Crippen LogP contribution in [0.1, 0.15) is 36.0 Å². The lowest BCUT2D eigenvalue weighted by atomic mass is 9.81. The minimum absolute atomic E-state index is 0.0931. The molecule has 0 saturated carbocycles. The zero-order valence-electron chi connectivity index (χ0n) is 13.7. The summed E-state index contributed by atoms with van der Waals surface area (Å²) in [5.41, 5.74) is 4.19. The molecule has 0 bridgehead atoms. The lowest BCUT2D eigenvalue weighted by molar-refractivity contribution is -0.126. The van der Waals surface area contributed by atoms with E-state index in [4.69, 9.17) is 0 Å². The van der Waals surface area contributed by atoms with Gasteiger partial charge in [0.2, 0.25) is 5.91 Å². The highest BCUT2D eigenvalue weighted by Gasteiger charge is 2.29. The normalized spacial score (nSPS) is 23.6. The molecular formula is C20H22N2O. The third-order valence-corrected chi connectivity index (χ3v) is 5.26. The predicted octanol–water partition coefficient (Wildman–Crippen LogP) is 3.29. The Kier molecular flexibility index (Phi) is 3.46. The van der Waals surface area contributed by atoms with E-state index in [0.717, 1.165) is 12.8 Å². The van der Waals surface area contributed by atoms with Crippen LogP contribution >= 0.6 is 0 Å². The monoisotopic (exact) mass is 306 g/mol. The number of hydrogen-bond acceptors (Lipinski definition) is 2. The minimum Gasteiger partial charge on any atom is -0.329 e. The molecule has 0 radical (unpaired) electrons. The molecule has 0 spiro atoms. The molecule has 2 aromatic carbocycles. The van der Waals surface area contributed by atoms with E-state index >= 15 is 0 Å². The van der Waals surface area contributed by atoms with Crippen molar-refractivity contribution in [3.05, 3.63) is 53.1 Å². The first-order valence-electron chi connectivity index (χ1n) is 8.35. The van der Waals surface area contributed by atoms with Crippen LogP contribution in [0.3, 0.4) is 0 Å². The lowest BCUT2D eigenvalue weighted by Crippen LogP contribution is -2.36. The smallest absolute Gasteiger partial charge is 0.237 e. The zero-order chi connectivity index (χ0) is 16.0. The van der Waals surface area contributed by atoms with Gasteiger partial charge in [0, 0.05) is 13.5 Å². The van der Waals surface area contributed by atoms with Gasteiger partial charge in [-0.05, 0) is 45.9 Å². The molecule has 3 heteroatoms. The lowest BCUT2D eigenvalue weighted by Gasteiger charge is -2.27. The molecule has 1 saturated heterocycles. The number of likely N-dealkylation sites (N-methyl/N-ethyl adjacent to an activating group) is 1. The molecule has 1 aliphatic heterocycles. The third kappa shape index (κ3) is 2.36. The van der Waals surface area contributed by atoms with Crippen molar-refractivity contribution in [3.8, 4) is 0 Å². The van der Waals surface area contributed by atoms with Gasteiger partial charge in [-0.25, -0.2) is 0 Å². The summed E-state index contributed by atoms with van der Waals surface area (Å²) in [6.07, 6.45) is 6.57. The predicted molar refractivity (Wildman–Crippen MR) is 94.3 cm³/mol. The second-order valence-electron chi connectivity index (χ2n) is 6.72. The van der Waals surface area contributed by atoms with E-state index in [0.29, 0.717) is 12.5 Å². The Balaban J connectivity index is 1.88. The number of nitrogens with one attached hydrogen (secondary N) is 1. The average molecular weight is 306 g/mol. The molecule has 2 atom stereocenters. The van der Waals surface area contributed by atoms with Crippen LogP contribution in [-0.4, -0.2) is 30.6 Å². The van der Waals surface area contributed by atoms with Crippen molar-refractivity contribution >= 4 is 22.8 Å². The number of carbonyl (C=O) groups is 1. The van der Waals surface area contributed by atoms with Crippen LogP contribution in [0.15, 0.2) is 36.4 Å². The van der Waals surface area contributed by atoms with Crippen molar-refractivity contribution < 1.29 is 4.79 Å². The number of hydrogen-bond donors (Lipinski definition) is 1. The van der Waals surface area contributed by atoms with Crippen LogP contribution in [0.25, 0.3) is 16.8 Å².